The van der Waals surface area contributed by atoms with E-state index in [-0.39, 0.29) is 40.1 Å². The number of hydrogen-bond acceptors (Lipinski definition) is 6. The fourth-order valence-electron chi connectivity index (χ4n) is 3.10. The number of sulfonamides is 1. The van der Waals surface area contributed by atoms with Gasteiger partial charge in [0.2, 0.25) is 10.0 Å². The van der Waals surface area contributed by atoms with Crippen molar-refractivity contribution in [3.8, 4) is 0 Å². The lowest BCUT2D eigenvalue weighted by Gasteiger charge is -2.13. The Kier molecular flexibility index (Phi) is 6.63. The molecule has 2 aliphatic rings. The molecule has 0 spiro atoms. The summed E-state index contributed by atoms with van der Waals surface area (Å²) in [6.07, 6.45) is 2.91. The SMILES string of the molecule is O=C(NCCN1C(=O)S/C(=C\c2ccccc2F)C1=O)c1cccc(S(=O)(=O)NC2CC2)c1. The highest BCUT2D eigenvalue weighted by Crippen LogP contribution is 2.32. The number of amides is 3. The van der Waals surface area contributed by atoms with Crippen molar-refractivity contribution in [1.29, 1.82) is 0 Å². The van der Waals surface area contributed by atoms with Gasteiger partial charge in [-0.15, -0.1) is 0 Å². The van der Waals surface area contributed by atoms with E-state index in [0.717, 1.165) is 17.7 Å². The molecule has 0 atom stereocenters. The van der Waals surface area contributed by atoms with Gasteiger partial charge in [0, 0.05) is 30.3 Å². The number of nitrogens with one attached hydrogen (secondary N) is 2. The van der Waals surface area contributed by atoms with Gasteiger partial charge < -0.3 is 5.32 Å². The molecule has 2 N–H and O–H groups in total. The first-order valence-electron chi connectivity index (χ1n) is 10.1. The molecule has 2 aromatic carbocycles. The molecule has 1 aliphatic carbocycles. The minimum absolute atomic E-state index is 0.00808. The number of imide groups is 1. The van der Waals surface area contributed by atoms with Crippen LogP contribution in [0.1, 0.15) is 28.8 Å². The first-order valence-corrected chi connectivity index (χ1v) is 12.4. The van der Waals surface area contributed by atoms with Crippen molar-refractivity contribution in [1.82, 2.24) is 14.9 Å². The highest BCUT2D eigenvalue weighted by Gasteiger charge is 2.35. The molecular weight excluding hydrogens is 469 g/mol. The fraction of sp³-hybridized carbons (Fsp3) is 0.227. The van der Waals surface area contributed by atoms with Gasteiger partial charge in [0.05, 0.1) is 9.80 Å². The van der Waals surface area contributed by atoms with Crippen LogP contribution in [0.25, 0.3) is 6.08 Å². The lowest BCUT2D eigenvalue weighted by atomic mass is 10.2. The van der Waals surface area contributed by atoms with Crippen LogP contribution in [0.3, 0.4) is 0 Å². The van der Waals surface area contributed by atoms with Crippen LogP contribution in [-0.2, 0) is 14.8 Å². The molecule has 33 heavy (non-hydrogen) atoms. The van der Waals surface area contributed by atoms with Crippen LogP contribution in [0.4, 0.5) is 9.18 Å². The fourth-order valence-corrected chi connectivity index (χ4v) is 5.31. The maximum absolute atomic E-state index is 13.8. The van der Waals surface area contributed by atoms with Crippen LogP contribution in [0.5, 0.6) is 0 Å². The molecule has 2 aromatic rings. The summed E-state index contributed by atoms with van der Waals surface area (Å²) in [5.74, 6) is -1.61. The largest absolute Gasteiger partial charge is 0.350 e. The highest BCUT2D eigenvalue weighted by molar-refractivity contribution is 8.18. The van der Waals surface area contributed by atoms with Gasteiger partial charge in [0.25, 0.3) is 17.1 Å². The number of nitrogens with zero attached hydrogens (tertiary/aromatic N) is 1. The Bertz CT molecular complexity index is 1260. The average Bonchev–Trinajstić information content (AvgIpc) is 3.55. The van der Waals surface area contributed by atoms with Gasteiger partial charge in [-0.1, -0.05) is 24.3 Å². The molecule has 0 bridgehead atoms. The Labute approximate surface area is 194 Å². The van der Waals surface area contributed by atoms with Crippen molar-refractivity contribution in [2.24, 2.45) is 0 Å². The molecule has 4 rings (SSSR count). The Hall–Kier alpha value is -3.02. The molecule has 8 nitrogen and oxygen atoms in total. The maximum atomic E-state index is 13.8. The van der Waals surface area contributed by atoms with E-state index >= 15 is 0 Å². The second-order valence-corrected chi connectivity index (χ2v) is 10.2. The van der Waals surface area contributed by atoms with Crippen molar-refractivity contribution >= 4 is 44.9 Å². The standard InChI is InChI=1S/C22H20FN3O5S2/c23-18-7-2-1-4-14(18)13-19-21(28)26(22(29)32-19)11-10-24-20(27)15-5-3-6-17(12-15)33(30,31)25-16-8-9-16/h1-7,12-13,16,25H,8-11H2,(H,24,27)/b19-13-. The third kappa shape index (κ3) is 5.49. The number of carbonyl (C=O) groups excluding carboxylic acids is 3. The van der Waals surface area contributed by atoms with Crippen LogP contribution in [-0.4, -0.2) is 49.5 Å². The summed E-state index contributed by atoms with van der Waals surface area (Å²) in [5.41, 5.74) is 0.338. The van der Waals surface area contributed by atoms with E-state index in [4.69, 9.17) is 0 Å². The lowest BCUT2D eigenvalue weighted by Crippen LogP contribution is -2.37. The summed E-state index contributed by atoms with van der Waals surface area (Å²) in [4.78, 5) is 38.3. The smallest absolute Gasteiger partial charge is 0.293 e. The second-order valence-electron chi connectivity index (χ2n) is 7.53. The van der Waals surface area contributed by atoms with Gasteiger partial charge >= 0.3 is 0 Å². The Morgan fingerprint density at radius 1 is 1.15 bits per heavy atom. The predicted octanol–water partition coefficient (Wildman–Crippen LogP) is 2.73. The first-order chi connectivity index (χ1) is 15.7. The van der Waals surface area contributed by atoms with E-state index in [1.54, 1.807) is 6.07 Å². The molecule has 2 fully saturated rings. The molecule has 0 radical (unpaired) electrons. The summed E-state index contributed by atoms with van der Waals surface area (Å²) in [6.45, 7) is -0.104. The van der Waals surface area contributed by atoms with Crippen LogP contribution in [0, 0.1) is 5.82 Å². The van der Waals surface area contributed by atoms with E-state index in [1.807, 2.05) is 0 Å². The monoisotopic (exact) mass is 489 g/mol. The molecule has 11 heteroatoms. The second kappa shape index (κ2) is 9.46. The number of hydrogen-bond donors (Lipinski definition) is 2. The van der Waals surface area contributed by atoms with Crippen molar-refractivity contribution in [3.05, 3.63) is 70.4 Å². The third-order valence-electron chi connectivity index (χ3n) is 4.99. The number of rotatable bonds is 8. The summed E-state index contributed by atoms with van der Waals surface area (Å²) in [6, 6.07) is 11.5. The van der Waals surface area contributed by atoms with Crippen LogP contribution in [0.15, 0.2) is 58.3 Å². The minimum Gasteiger partial charge on any atom is -0.350 e. The van der Waals surface area contributed by atoms with Crippen molar-refractivity contribution in [2.45, 2.75) is 23.8 Å². The Morgan fingerprint density at radius 2 is 1.91 bits per heavy atom. The van der Waals surface area contributed by atoms with E-state index < -0.39 is 32.9 Å². The highest BCUT2D eigenvalue weighted by atomic mass is 32.2. The molecule has 1 aliphatic heterocycles. The molecule has 1 heterocycles. The van der Waals surface area contributed by atoms with Crippen LogP contribution < -0.4 is 10.0 Å². The Morgan fingerprint density at radius 3 is 2.64 bits per heavy atom. The van der Waals surface area contributed by atoms with Crippen molar-refractivity contribution in [2.75, 3.05) is 13.1 Å². The molecular formula is C22H20FN3O5S2. The van der Waals surface area contributed by atoms with Crippen LogP contribution in [0.2, 0.25) is 0 Å². The van der Waals surface area contributed by atoms with Gasteiger partial charge in [-0.05, 0) is 54.9 Å². The number of benzene rings is 2. The van der Waals surface area contributed by atoms with E-state index in [0.29, 0.717) is 11.8 Å². The van der Waals surface area contributed by atoms with Gasteiger partial charge in [0.1, 0.15) is 5.82 Å². The zero-order valence-electron chi connectivity index (χ0n) is 17.3. The zero-order chi connectivity index (χ0) is 23.6. The van der Waals surface area contributed by atoms with E-state index in [1.165, 1.54) is 48.5 Å². The number of halogens is 1. The van der Waals surface area contributed by atoms with Gasteiger partial charge in [-0.2, -0.15) is 0 Å². The third-order valence-corrected chi connectivity index (χ3v) is 7.42. The van der Waals surface area contributed by atoms with E-state index in [2.05, 4.69) is 10.0 Å². The number of carbonyl (C=O) groups is 3. The number of thioether (sulfide) groups is 1. The van der Waals surface area contributed by atoms with Gasteiger partial charge in [-0.25, -0.2) is 17.5 Å². The van der Waals surface area contributed by atoms with Gasteiger partial charge in [-0.3, -0.25) is 19.3 Å². The van der Waals surface area contributed by atoms with Crippen LogP contribution >= 0.6 is 11.8 Å². The quantitative estimate of drug-likeness (QED) is 0.552. The normalized spacial score (nSPS) is 17.6. The first kappa shape index (κ1) is 23.1. The summed E-state index contributed by atoms with van der Waals surface area (Å²) < 4.78 is 41.1. The summed E-state index contributed by atoms with van der Waals surface area (Å²) >= 11 is 0.701. The van der Waals surface area contributed by atoms with E-state index in [9.17, 15) is 27.2 Å². The molecule has 172 valence electrons. The summed E-state index contributed by atoms with van der Waals surface area (Å²) in [5, 5.41) is 2.07. The molecule has 1 saturated carbocycles. The lowest BCUT2D eigenvalue weighted by molar-refractivity contribution is -0.122. The molecule has 1 saturated heterocycles. The topological polar surface area (TPSA) is 113 Å². The molecule has 3 amide bonds. The van der Waals surface area contributed by atoms with Crippen molar-refractivity contribution < 1.29 is 27.2 Å². The summed E-state index contributed by atoms with van der Waals surface area (Å²) in [7, 11) is -3.70. The van der Waals surface area contributed by atoms with Gasteiger partial charge in [0.15, 0.2) is 0 Å². The minimum atomic E-state index is -3.70. The zero-order valence-corrected chi connectivity index (χ0v) is 18.9. The molecule has 0 unspecified atom stereocenters. The Balaban J connectivity index is 1.36. The molecule has 0 aromatic heterocycles. The van der Waals surface area contributed by atoms with Crippen molar-refractivity contribution in [3.63, 3.8) is 0 Å². The predicted molar refractivity (Wildman–Crippen MR) is 121 cm³/mol. The maximum Gasteiger partial charge on any atom is 0.293 e. The average molecular weight is 490 g/mol.